The number of carbonyl (C=O) groups is 1. The first-order valence-electron chi connectivity index (χ1n) is 7.96. The molecule has 26 heavy (non-hydrogen) atoms. The zero-order valence-corrected chi connectivity index (χ0v) is 14.6. The average Bonchev–Trinajstić information content (AvgIpc) is 3.03. The quantitative estimate of drug-likeness (QED) is 0.597. The third kappa shape index (κ3) is 3.14. The molecule has 128 valence electrons. The van der Waals surface area contributed by atoms with Crippen LogP contribution in [0.4, 0.5) is 5.69 Å². The van der Waals surface area contributed by atoms with Crippen molar-refractivity contribution in [3.63, 3.8) is 0 Å². The first-order chi connectivity index (χ1) is 12.6. The molecule has 0 aliphatic heterocycles. The Morgan fingerprint density at radius 1 is 1.04 bits per heavy atom. The highest BCUT2D eigenvalue weighted by atomic mass is 35.5. The molecule has 1 amide bonds. The van der Waals surface area contributed by atoms with Crippen molar-refractivity contribution in [1.29, 1.82) is 0 Å². The van der Waals surface area contributed by atoms with E-state index in [-0.39, 0.29) is 5.91 Å². The number of benzene rings is 2. The lowest BCUT2D eigenvalue weighted by atomic mass is 10.1. The number of anilines is 1. The van der Waals surface area contributed by atoms with Crippen molar-refractivity contribution in [2.75, 3.05) is 5.32 Å². The van der Waals surface area contributed by atoms with E-state index in [0.717, 1.165) is 17.1 Å². The minimum absolute atomic E-state index is 0.208. The van der Waals surface area contributed by atoms with Crippen molar-refractivity contribution in [2.24, 2.45) is 0 Å². The Labute approximate surface area is 154 Å². The van der Waals surface area contributed by atoms with Gasteiger partial charge in [-0.05, 0) is 49.4 Å². The summed E-state index contributed by atoms with van der Waals surface area (Å²) in [6.07, 6.45) is 0. The summed E-state index contributed by atoms with van der Waals surface area (Å²) in [6, 6.07) is 18.1. The topological polar surface area (TPSA) is 72.2 Å². The Morgan fingerprint density at radius 3 is 2.62 bits per heavy atom. The Hall–Kier alpha value is -3.25. The van der Waals surface area contributed by atoms with Crippen LogP contribution in [0.1, 0.15) is 16.2 Å². The Morgan fingerprint density at radius 2 is 1.85 bits per heavy atom. The third-order valence-corrected chi connectivity index (χ3v) is 4.18. The Bertz CT molecular complexity index is 1100. The monoisotopic (exact) mass is 363 g/mol. The van der Waals surface area contributed by atoms with Gasteiger partial charge in [0.15, 0.2) is 11.5 Å². The number of carbonyl (C=O) groups excluding carboxylic acids is 1. The molecular weight excluding hydrogens is 350 g/mol. The summed E-state index contributed by atoms with van der Waals surface area (Å²) in [4.78, 5) is 12.3. The van der Waals surface area contributed by atoms with E-state index in [9.17, 15) is 4.79 Å². The normalized spacial score (nSPS) is 10.8. The highest BCUT2D eigenvalue weighted by molar-refractivity contribution is 6.31. The fraction of sp³-hybridized carbons (Fsp3) is 0.0526. The van der Waals surface area contributed by atoms with Gasteiger partial charge in [-0.2, -0.15) is 9.61 Å². The molecule has 4 rings (SSSR count). The van der Waals surface area contributed by atoms with Crippen molar-refractivity contribution in [3.05, 3.63) is 77.1 Å². The highest BCUT2D eigenvalue weighted by Crippen LogP contribution is 2.21. The second-order valence-corrected chi connectivity index (χ2v) is 6.21. The standard InChI is InChI=1S/C19H14ClN5O/c1-12-22-23-18-10-9-17(24-25(12)18)13-5-7-16(8-6-13)21-19(26)14-3-2-4-15(20)11-14/h2-11H,1H3,(H,21,26). The molecule has 0 radical (unpaired) electrons. The van der Waals surface area contributed by atoms with Gasteiger partial charge in [0.25, 0.3) is 5.91 Å². The van der Waals surface area contributed by atoms with Crippen LogP contribution in [-0.2, 0) is 0 Å². The van der Waals surface area contributed by atoms with E-state index in [4.69, 9.17) is 11.6 Å². The molecular formula is C19H14ClN5O. The number of hydrogen-bond donors (Lipinski definition) is 1. The fourth-order valence-corrected chi connectivity index (χ4v) is 2.80. The van der Waals surface area contributed by atoms with Gasteiger partial charge in [-0.25, -0.2) is 0 Å². The zero-order valence-electron chi connectivity index (χ0n) is 13.8. The number of nitrogens with one attached hydrogen (secondary N) is 1. The summed E-state index contributed by atoms with van der Waals surface area (Å²) < 4.78 is 1.70. The molecule has 0 aliphatic rings. The van der Waals surface area contributed by atoms with E-state index in [1.165, 1.54) is 0 Å². The van der Waals surface area contributed by atoms with Crippen LogP contribution in [0.2, 0.25) is 5.02 Å². The molecule has 2 heterocycles. The predicted molar refractivity (Wildman–Crippen MR) is 100 cm³/mol. The summed E-state index contributed by atoms with van der Waals surface area (Å²) >= 11 is 5.93. The number of aryl methyl sites for hydroxylation is 1. The number of rotatable bonds is 3. The summed E-state index contributed by atoms with van der Waals surface area (Å²) in [5.41, 5.74) is 3.64. The van der Waals surface area contributed by atoms with E-state index in [0.29, 0.717) is 21.9 Å². The second kappa shape index (κ2) is 6.57. The molecule has 2 aromatic carbocycles. The Kier molecular flexibility index (Phi) is 4.10. The number of halogens is 1. The van der Waals surface area contributed by atoms with E-state index in [2.05, 4.69) is 20.6 Å². The van der Waals surface area contributed by atoms with Gasteiger partial charge in [-0.1, -0.05) is 29.8 Å². The maximum Gasteiger partial charge on any atom is 0.255 e. The van der Waals surface area contributed by atoms with Gasteiger partial charge in [-0.3, -0.25) is 4.79 Å². The molecule has 0 saturated carbocycles. The van der Waals surface area contributed by atoms with Crippen LogP contribution in [0.3, 0.4) is 0 Å². The average molecular weight is 364 g/mol. The fourth-order valence-electron chi connectivity index (χ4n) is 2.61. The lowest BCUT2D eigenvalue weighted by molar-refractivity contribution is 0.102. The maximum atomic E-state index is 12.3. The lowest BCUT2D eigenvalue weighted by Gasteiger charge is -2.07. The smallest absolute Gasteiger partial charge is 0.255 e. The zero-order chi connectivity index (χ0) is 18.1. The van der Waals surface area contributed by atoms with Crippen LogP contribution in [0.25, 0.3) is 16.9 Å². The van der Waals surface area contributed by atoms with Crippen LogP contribution >= 0.6 is 11.6 Å². The largest absolute Gasteiger partial charge is 0.322 e. The van der Waals surface area contributed by atoms with Crippen molar-refractivity contribution >= 4 is 28.8 Å². The molecule has 0 atom stereocenters. The molecule has 7 heteroatoms. The maximum absolute atomic E-state index is 12.3. The van der Waals surface area contributed by atoms with Gasteiger partial charge in [0.05, 0.1) is 5.69 Å². The van der Waals surface area contributed by atoms with Gasteiger partial charge in [-0.15, -0.1) is 10.2 Å². The van der Waals surface area contributed by atoms with Gasteiger partial charge >= 0.3 is 0 Å². The molecule has 0 bridgehead atoms. The first-order valence-corrected chi connectivity index (χ1v) is 8.34. The summed E-state index contributed by atoms with van der Waals surface area (Å²) in [5, 5.41) is 16.0. The molecule has 0 spiro atoms. The van der Waals surface area contributed by atoms with E-state index in [1.807, 2.05) is 43.3 Å². The van der Waals surface area contributed by atoms with Gasteiger partial charge < -0.3 is 5.32 Å². The minimum atomic E-state index is -0.208. The molecule has 1 N–H and O–H groups in total. The summed E-state index contributed by atoms with van der Waals surface area (Å²) in [7, 11) is 0. The van der Waals surface area contributed by atoms with Gasteiger partial charge in [0.2, 0.25) is 0 Å². The van der Waals surface area contributed by atoms with Crippen LogP contribution in [0.15, 0.2) is 60.7 Å². The molecule has 0 saturated heterocycles. The lowest BCUT2D eigenvalue weighted by Crippen LogP contribution is -2.11. The van der Waals surface area contributed by atoms with Gasteiger partial charge in [0.1, 0.15) is 0 Å². The summed E-state index contributed by atoms with van der Waals surface area (Å²) in [5.74, 6) is 0.521. The number of nitrogens with zero attached hydrogens (tertiary/aromatic N) is 4. The van der Waals surface area contributed by atoms with Crippen LogP contribution in [-0.4, -0.2) is 25.7 Å². The number of hydrogen-bond acceptors (Lipinski definition) is 4. The molecule has 2 aromatic heterocycles. The van der Waals surface area contributed by atoms with E-state index in [1.54, 1.807) is 28.8 Å². The number of fused-ring (bicyclic) bond motifs is 1. The molecule has 0 fully saturated rings. The molecule has 0 aliphatic carbocycles. The molecule has 4 aromatic rings. The van der Waals surface area contributed by atoms with Crippen molar-refractivity contribution in [2.45, 2.75) is 6.92 Å². The van der Waals surface area contributed by atoms with Crippen LogP contribution in [0, 0.1) is 6.92 Å². The van der Waals surface area contributed by atoms with Gasteiger partial charge in [0, 0.05) is 21.8 Å². The molecule has 6 nitrogen and oxygen atoms in total. The predicted octanol–water partition coefficient (Wildman–Crippen LogP) is 4.01. The highest BCUT2D eigenvalue weighted by Gasteiger charge is 2.08. The number of amides is 1. The van der Waals surface area contributed by atoms with E-state index >= 15 is 0 Å². The molecule has 0 unspecified atom stereocenters. The number of aromatic nitrogens is 4. The first kappa shape index (κ1) is 16.2. The Balaban J connectivity index is 1.56. The van der Waals surface area contributed by atoms with Crippen molar-refractivity contribution < 1.29 is 4.79 Å². The second-order valence-electron chi connectivity index (χ2n) is 5.78. The third-order valence-electron chi connectivity index (χ3n) is 3.94. The SMILES string of the molecule is Cc1nnc2ccc(-c3ccc(NC(=O)c4cccc(Cl)c4)cc3)nn12. The van der Waals surface area contributed by atoms with E-state index < -0.39 is 0 Å². The van der Waals surface area contributed by atoms with Crippen LogP contribution in [0.5, 0.6) is 0 Å². The van der Waals surface area contributed by atoms with Crippen molar-refractivity contribution in [1.82, 2.24) is 19.8 Å². The minimum Gasteiger partial charge on any atom is -0.322 e. The van der Waals surface area contributed by atoms with Crippen LogP contribution < -0.4 is 5.32 Å². The summed E-state index contributed by atoms with van der Waals surface area (Å²) in [6.45, 7) is 1.85. The van der Waals surface area contributed by atoms with Crippen molar-refractivity contribution in [3.8, 4) is 11.3 Å².